The molecule has 90 valence electrons. The van der Waals surface area contributed by atoms with Gasteiger partial charge in [-0.3, -0.25) is 4.79 Å². The Balaban J connectivity index is 3.73. The van der Waals surface area contributed by atoms with Crippen molar-refractivity contribution in [2.75, 3.05) is 19.0 Å². The molecule has 3 atom stereocenters. The Kier molecular flexibility index (Phi) is 7.76. The summed E-state index contributed by atoms with van der Waals surface area (Å²) in [5, 5.41) is 8.69. The molecule has 3 unspecified atom stereocenters. The normalized spacial score (nSPS) is 16.9. The van der Waals surface area contributed by atoms with Gasteiger partial charge in [0.1, 0.15) is 12.1 Å². The first kappa shape index (κ1) is 14.7. The van der Waals surface area contributed by atoms with Crippen LogP contribution in [0.5, 0.6) is 0 Å². The Morgan fingerprint density at radius 3 is 2.53 bits per heavy atom. The summed E-state index contributed by atoms with van der Waals surface area (Å²) in [6.07, 6.45) is -0.637. The summed E-state index contributed by atoms with van der Waals surface area (Å²) in [7, 11) is 0. The number of aliphatic hydroxyl groups excluding tert-OH is 1. The summed E-state index contributed by atoms with van der Waals surface area (Å²) < 4.78 is 10.2. The lowest BCUT2D eigenvalue weighted by Crippen LogP contribution is -2.37. The third-order valence-electron chi connectivity index (χ3n) is 1.69. The fourth-order valence-corrected chi connectivity index (χ4v) is 0.896. The van der Waals surface area contributed by atoms with E-state index in [9.17, 15) is 4.79 Å². The van der Waals surface area contributed by atoms with Crippen LogP contribution in [0.15, 0.2) is 0 Å². The molecule has 0 rings (SSSR count). The van der Waals surface area contributed by atoms with Crippen LogP contribution in [-0.4, -0.2) is 48.3 Å². The maximum absolute atomic E-state index is 11.2. The van der Waals surface area contributed by atoms with Crippen molar-refractivity contribution < 1.29 is 19.4 Å². The van der Waals surface area contributed by atoms with Gasteiger partial charge in [0, 0.05) is 5.75 Å². The monoisotopic (exact) mass is 237 g/mol. The van der Waals surface area contributed by atoms with Crippen LogP contribution in [-0.2, 0) is 14.3 Å². The van der Waals surface area contributed by atoms with Crippen LogP contribution in [0.2, 0.25) is 0 Å². The summed E-state index contributed by atoms with van der Waals surface area (Å²) in [6.45, 7) is 3.62. The lowest BCUT2D eigenvalue weighted by molar-refractivity contribution is -0.153. The molecule has 0 bridgehead atoms. The molecule has 5 nitrogen and oxygen atoms in total. The van der Waals surface area contributed by atoms with Gasteiger partial charge in [-0.15, -0.1) is 0 Å². The van der Waals surface area contributed by atoms with E-state index in [0.29, 0.717) is 0 Å². The lowest BCUT2D eigenvalue weighted by atomic mass is 10.3. The number of hydrogen-bond acceptors (Lipinski definition) is 6. The van der Waals surface area contributed by atoms with Gasteiger partial charge in [0.15, 0.2) is 0 Å². The van der Waals surface area contributed by atoms with E-state index in [4.69, 9.17) is 20.3 Å². The highest BCUT2D eigenvalue weighted by Crippen LogP contribution is 1.99. The van der Waals surface area contributed by atoms with Crippen LogP contribution >= 0.6 is 12.6 Å². The number of thiol groups is 1. The lowest BCUT2D eigenvalue weighted by Gasteiger charge is -2.17. The number of esters is 1. The predicted octanol–water partition coefficient (Wildman–Crippen LogP) is -0.427. The number of carbonyl (C=O) groups excluding carboxylic acids is 1. The fourth-order valence-electron chi connectivity index (χ4n) is 0.747. The Hall–Kier alpha value is -0.300. The molecular formula is C9H19NO4S. The minimum atomic E-state index is -0.703. The van der Waals surface area contributed by atoms with Crippen molar-refractivity contribution >= 4 is 18.6 Å². The molecule has 0 aromatic heterocycles. The van der Waals surface area contributed by atoms with Crippen molar-refractivity contribution in [1.82, 2.24) is 0 Å². The van der Waals surface area contributed by atoms with Crippen molar-refractivity contribution in [3.8, 4) is 0 Å². The van der Waals surface area contributed by atoms with E-state index in [1.54, 1.807) is 13.8 Å². The molecule has 0 fully saturated rings. The zero-order valence-corrected chi connectivity index (χ0v) is 9.94. The molecule has 6 heteroatoms. The summed E-state index contributed by atoms with van der Waals surface area (Å²) in [5.41, 5.74) is 5.42. The predicted molar refractivity (Wildman–Crippen MR) is 59.9 cm³/mol. The number of nitrogens with two attached hydrogens (primary N) is 1. The van der Waals surface area contributed by atoms with Gasteiger partial charge in [-0.1, -0.05) is 0 Å². The Morgan fingerprint density at radius 2 is 2.07 bits per heavy atom. The minimum Gasteiger partial charge on any atom is -0.459 e. The van der Waals surface area contributed by atoms with Crippen molar-refractivity contribution in [2.24, 2.45) is 5.73 Å². The molecule has 0 aliphatic rings. The van der Waals surface area contributed by atoms with Crippen LogP contribution < -0.4 is 5.73 Å². The van der Waals surface area contributed by atoms with Crippen LogP contribution in [0.1, 0.15) is 13.8 Å². The molecule has 0 radical (unpaired) electrons. The van der Waals surface area contributed by atoms with Crippen LogP contribution in [0.25, 0.3) is 0 Å². The van der Waals surface area contributed by atoms with Crippen LogP contribution in [0.4, 0.5) is 0 Å². The summed E-state index contributed by atoms with van der Waals surface area (Å²) in [5.74, 6) is -0.239. The van der Waals surface area contributed by atoms with E-state index in [2.05, 4.69) is 12.6 Å². The van der Waals surface area contributed by atoms with Gasteiger partial charge in [-0.25, -0.2) is 0 Å². The quantitative estimate of drug-likeness (QED) is 0.413. The van der Waals surface area contributed by atoms with Crippen molar-refractivity contribution in [3.63, 3.8) is 0 Å². The second-order valence-corrected chi connectivity index (χ2v) is 3.73. The second-order valence-electron chi connectivity index (χ2n) is 3.36. The van der Waals surface area contributed by atoms with E-state index in [0.717, 1.165) is 0 Å². The standard InChI is InChI=1S/C9H19NO4S/c1-6(3-11)13-4-7(2)14-9(12)8(10)5-15/h6-8,11,15H,3-5,10H2,1-2H3. The van der Waals surface area contributed by atoms with Gasteiger partial charge in [0.25, 0.3) is 0 Å². The van der Waals surface area contributed by atoms with Crippen molar-refractivity contribution in [1.29, 1.82) is 0 Å². The van der Waals surface area contributed by atoms with Gasteiger partial charge in [0.05, 0.1) is 19.3 Å². The minimum absolute atomic E-state index is 0.0587. The molecule has 15 heavy (non-hydrogen) atoms. The first-order valence-corrected chi connectivity index (χ1v) is 5.43. The second kappa shape index (κ2) is 7.92. The third-order valence-corrected chi connectivity index (χ3v) is 2.08. The van der Waals surface area contributed by atoms with E-state index in [-0.39, 0.29) is 31.2 Å². The molecule has 0 amide bonds. The smallest absolute Gasteiger partial charge is 0.324 e. The average Bonchev–Trinajstić information content (AvgIpc) is 2.24. The van der Waals surface area contributed by atoms with E-state index < -0.39 is 12.0 Å². The molecule has 0 aromatic rings. The van der Waals surface area contributed by atoms with Gasteiger partial charge in [0.2, 0.25) is 0 Å². The Bertz CT molecular complexity index is 191. The van der Waals surface area contributed by atoms with Gasteiger partial charge in [-0.2, -0.15) is 12.6 Å². The molecule has 0 saturated heterocycles. The van der Waals surface area contributed by atoms with Crippen molar-refractivity contribution in [2.45, 2.75) is 32.1 Å². The molecular weight excluding hydrogens is 218 g/mol. The summed E-state index contributed by atoms with van der Waals surface area (Å²) in [6, 6.07) is -0.703. The molecule has 0 aromatic carbocycles. The van der Waals surface area contributed by atoms with Crippen molar-refractivity contribution in [3.05, 3.63) is 0 Å². The maximum atomic E-state index is 11.2. The van der Waals surface area contributed by atoms with Gasteiger partial charge in [-0.05, 0) is 13.8 Å². The largest absolute Gasteiger partial charge is 0.459 e. The first-order valence-electron chi connectivity index (χ1n) is 4.80. The van der Waals surface area contributed by atoms with Gasteiger partial charge >= 0.3 is 5.97 Å². The fraction of sp³-hybridized carbons (Fsp3) is 0.889. The van der Waals surface area contributed by atoms with E-state index in [1.165, 1.54) is 0 Å². The number of rotatable bonds is 7. The maximum Gasteiger partial charge on any atom is 0.324 e. The Morgan fingerprint density at radius 1 is 1.47 bits per heavy atom. The molecule has 0 heterocycles. The first-order chi connectivity index (χ1) is 7.01. The third kappa shape index (κ3) is 6.72. The number of hydrogen-bond donors (Lipinski definition) is 3. The molecule has 0 saturated carbocycles. The van der Waals surface area contributed by atoms with Gasteiger partial charge < -0.3 is 20.3 Å². The van der Waals surface area contributed by atoms with E-state index >= 15 is 0 Å². The highest BCUT2D eigenvalue weighted by molar-refractivity contribution is 7.80. The molecule has 0 aliphatic carbocycles. The molecule has 0 aliphatic heterocycles. The SMILES string of the molecule is CC(CO)OCC(C)OC(=O)C(N)CS. The summed E-state index contributed by atoms with van der Waals surface area (Å²) in [4.78, 5) is 11.2. The highest BCUT2D eigenvalue weighted by atomic mass is 32.1. The molecule has 3 N–H and O–H groups in total. The van der Waals surface area contributed by atoms with Crippen LogP contribution in [0.3, 0.4) is 0 Å². The zero-order chi connectivity index (χ0) is 11.8. The zero-order valence-electron chi connectivity index (χ0n) is 9.05. The number of ether oxygens (including phenoxy) is 2. The Labute approximate surface area is 95.3 Å². The summed E-state index contributed by atoms with van der Waals surface area (Å²) >= 11 is 3.89. The number of carbonyl (C=O) groups is 1. The molecule has 0 spiro atoms. The topological polar surface area (TPSA) is 81.8 Å². The van der Waals surface area contributed by atoms with Crippen LogP contribution in [0, 0.1) is 0 Å². The highest BCUT2D eigenvalue weighted by Gasteiger charge is 2.16. The average molecular weight is 237 g/mol. The van der Waals surface area contributed by atoms with E-state index in [1.807, 2.05) is 0 Å². The number of aliphatic hydroxyl groups is 1.